The smallest absolute Gasteiger partial charge is 0.326 e. The van der Waals surface area contributed by atoms with Gasteiger partial charge in [0.2, 0.25) is 0 Å². The molecule has 6 nitrogen and oxygen atoms in total. The molecule has 20 heavy (non-hydrogen) atoms. The summed E-state index contributed by atoms with van der Waals surface area (Å²) in [6, 6.07) is -0.422. The number of rotatable bonds is 4. The molecule has 114 valence electrons. The lowest BCUT2D eigenvalue weighted by Crippen LogP contribution is -2.54. The fraction of sp³-hybridized carbons (Fsp3) is 0.857. The zero-order valence-corrected chi connectivity index (χ0v) is 12.5. The van der Waals surface area contributed by atoms with E-state index in [1.807, 2.05) is 0 Å². The summed E-state index contributed by atoms with van der Waals surface area (Å²) in [7, 11) is 0. The molecular formula is C14H25N3O3. The number of likely N-dealkylation sites (tertiary alicyclic amines) is 1. The SMILES string of the molecule is CC(C)(C)C(NC(=O)NC1CCN(C2CC2)C1)C(=O)O. The van der Waals surface area contributed by atoms with Crippen molar-refractivity contribution < 1.29 is 14.7 Å². The first kappa shape index (κ1) is 15.1. The number of carboxylic acid groups (broad SMARTS) is 1. The summed E-state index contributed by atoms with van der Waals surface area (Å²) in [6.07, 6.45) is 3.48. The fourth-order valence-corrected chi connectivity index (χ4v) is 2.68. The van der Waals surface area contributed by atoms with Crippen molar-refractivity contribution in [1.29, 1.82) is 0 Å². The van der Waals surface area contributed by atoms with Gasteiger partial charge in [-0.05, 0) is 24.7 Å². The van der Waals surface area contributed by atoms with Gasteiger partial charge in [0.15, 0.2) is 0 Å². The molecule has 0 aromatic carbocycles. The van der Waals surface area contributed by atoms with Gasteiger partial charge in [-0.2, -0.15) is 0 Å². The van der Waals surface area contributed by atoms with Crippen LogP contribution in [0.3, 0.4) is 0 Å². The van der Waals surface area contributed by atoms with Crippen LogP contribution in [-0.4, -0.2) is 53.2 Å². The van der Waals surface area contributed by atoms with E-state index >= 15 is 0 Å². The van der Waals surface area contributed by atoms with Gasteiger partial charge in [-0.1, -0.05) is 20.8 Å². The van der Waals surface area contributed by atoms with Crippen LogP contribution < -0.4 is 10.6 Å². The first-order chi connectivity index (χ1) is 9.27. The van der Waals surface area contributed by atoms with Crippen molar-refractivity contribution in [2.45, 2.75) is 58.2 Å². The van der Waals surface area contributed by atoms with Crippen LogP contribution in [-0.2, 0) is 4.79 Å². The van der Waals surface area contributed by atoms with E-state index < -0.39 is 17.4 Å². The van der Waals surface area contributed by atoms with Crippen LogP contribution >= 0.6 is 0 Å². The van der Waals surface area contributed by atoms with Gasteiger partial charge >= 0.3 is 12.0 Å². The molecule has 1 heterocycles. The molecule has 1 aliphatic heterocycles. The molecule has 1 saturated heterocycles. The Morgan fingerprint density at radius 2 is 1.90 bits per heavy atom. The zero-order valence-electron chi connectivity index (χ0n) is 12.5. The lowest BCUT2D eigenvalue weighted by molar-refractivity contribution is -0.141. The van der Waals surface area contributed by atoms with Crippen LogP contribution in [0.4, 0.5) is 4.79 Å². The van der Waals surface area contributed by atoms with Crippen molar-refractivity contribution >= 4 is 12.0 Å². The van der Waals surface area contributed by atoms with Crippen molar-refractivity contribution in [2.24, 2.45) is 5.41 Å². The average molecular weight is 283 g/mol. The molecule has 2 unspecified atom stereocenters. The predicted octanol–water partition coefficient (Wildman–Crippen LogP) is 1.02. The Bertz CT molecular complexity index is 388. The number of hydrogen-bond donors (Lipinski definition) is 3. The average Bonchev–Trinajstić information content (AvgIpc) is 3.06. The molecular weight excluding hydrogens is 258 g/mol. The van der Waals surface area contributed by atoms with Gasteiger partial charge in [0.25, 0.3) is 0 Å². The van der Waals surface area contributed by atoms with Gasteiger partial charge in [-0.3, -0.25) is 4.90 Å². The van der Waals surface area contributed by atoms with Crippen molar-refractivity contribution in [3.8, 4) is 0 Å². The van der Waals surface area contributed by atoms with Crippen LogP contribution in [0.2, 0.25) is 0 Å². The lowest BCUT2D eigenvalue weighted by atomic mass is 9.87. The van der Waals surface area contributed by atoms with Gasteiger partial charge in [0.05, 0.1) is 0 Å². The minimum atomic E-state index is -1.00. The number of aliphatic carboxylic acids is 1. The quantitative estimate of drug-likeness (QED) is 0.719. The van der Waals surface area contributed by atoms with E-state index in [1.165, 1.54) is 12.8 Å². The highest BCUT2D eigenvalue weighted by molar-refractivity contribution is 5.83. The van der Waals surface area contributed by atoms with E-state index in [0.717, 1.165) is 19.5 Å². The topological polar surface area (TPSA) is 81.7 Å². The normalized spacial score (nSPS) is 25.2. The maximum atomic E-state index is 11.9. The van der Waals surface area contributed by atoms with Crippen molar-refractivity contribution in [1.82, 2.24) is 15.5 Å². The van der Waals surface area contributed by atoms with Gasteiger partial charge in [-0.25, -0.2) is 9.59 Å². The first-order valence-electron chi connectivity index (χ1n) is 7.31. The van der Waals surface area contributed by atoms with Crippen LogP contribution in [0.5, 0.6) is 0 Å². The van der Waals surface area contributed by atoms with E-state index in [9.17, 15) is 14.7 Å². The van der Waals surface area contributed by atoms with Gasteiger partial charge in [-0.15, -0.1) is 0 Å². The number of carbonyl (C=O) groups excluding carboxylic acids is 1. The number of nitrogens with zero attached hydrogens (tertiary/aromatic N) is 1. The second-order valence-electron chi connectivity index (χ2n) is 6.97. The van der Waals surface area contributed by atoms with Crippen molar-refractivity contribution in [3.63, 3.8) is 0 Å². The van der Waals surface area contributed by atoms with E-state index in [1.54, 1.807) is 20.8 Å². The lowest BCUT2D eigenvalue weighted by Gasteiger charge is -2.28. The molecule has 0 aromatic rings. The fourth-order valence-electron chi connectivity index (χ4n) is 2.68. The molecule has 2 amide bonds. The van der Waals surface area contributed by atoms with E-state index in [0.29, 0.717) is 6.04 Å². The van der Waals surface area contributed by atoms with Crippen molar-refractivity contribution in [3.05, 3.63) is 0 Å². The second kappa shape index (κ2) is 5.60. The summed E-state index contributed by atoms with van der Waals surface area (Å²) in [5.41, 5.74) is -0.515. The number of hydrogen-bond acceptors (Lipinski definition) is 3. The Hall–Kier alpha value is -1.30. The van der Waals surface area contributed by atoms with E-state index in [4.69, 9.17) is 0 Å². The Balaban J connectivity index is 1.81. The van der Waals surface area contributed by atoms with Crippen molar-refractivity contribution in [2.75, 3.05) is 13.1 Å². The Labute approximate surface area is 119 Å². The third kappa shape index (κ3) is 3.85. The molecule has 0 bridgehead atoms. The Kier molecular flexibility index (Phi) is 4.22. The van der Waals surface area contributed by atoms with Crippen LogP contribution in [0.1, 0.15) is 40.0 Å². The third-order valence-corrected chi connectivity index (χ3v) is 4.01. The molecule has 3 N–H and O–H groups in total. The number of amides is 2. The largest absolute Gasteiger partial charge is 0.480 e. The second-order valence-corrected chi connectivity index (χ2v) is 6.97. The van der Waals surface area contributed by atoms with E-state index in [-0.39, 0.29) is 12.1 Å². The number of carbonyl (C=O) groups is 2. The Morgan fingerprint density at radius 1 is 1.25 bits per heavy atom. The predicted molar refractivity (Wildman–Crippen MR) is 75.5 cm³/mol. The molecule has 1 aliphatic carbocycles. The number of nitrogens with one attached hydrogen (secondary N) is 2. The van der Waals surface area contributed by atoms with E-state index in [2.05, 4.69) is 15.5 Å². The number of carboxylic acids is 1. The molecule has 0 radical (unpaired) electrons. The molecule has 2 atom stereocenters. The van der Waals surface area contributed by atoms with Crippen LogP contribution in [0.25, 0.3) is 0 Å². The summed E-state index contributed by atoms with van der Waals surface area (Å²) in [5, 5.41) is 14.7. The molecule has 1 saturated carbocycles. The van der Waals surface area contributed by atoms with Gasteiger partial charge in [0.1, 0.15) is 6.04 Å². The minimum absolute atomic E-state index is 0.130. The monoisotopic (exact) mass is 283 g/mol. The summed E-state index contributed by atoms with van der Waals surface area (Å²) in [6.45, 7) is 7.31. The summed E-state index contributed by atoms with van der Waals surface area (Å²) in [4.78, 5) is 25.6. The molecule has 2 rings (SSSR count). The van der Waals surface area contributed by atoms with Gasteiger partial charge < -0.3 is 15.7 Å². The molecule has 2 fully saturated rings. The first-order valence-corrected chi connectivity index (χ1v) is 7.31. The highest BCUT2D eigenvalue weighted by Crippen LogP contribution is 2.29. The maximum absolute atomic E-state index is 11.9. The summed E-state index contributed by atoms with van der Waals surface area (Å²) in [5.74, 6) is -1.00. The van der Waals surface area contributed by atoms with Gasteiger partial charge in [0, 0.05) is 25.2 Å². The zero-order chi connectivity index (χ0) is 14.9. The number of urea groups is 1. The molecule has 2 aliphatic rings. The van der Waals surface area contributed by atoms with Crippen LogP contribution in [0.15, 0.2) is 0 Å². The van der Waals surface area contributed by atoms with Crippen LogP contribution in [0, 0.1) is 5.41 Å². The minimum Gasteiger partial charge on any atom is -0.480 e. The molecule has 0 aromatic heterocycles. The summed E-state index contributed by atoms with van der Waals surface area (Å²) < 4.78 is 0. The highest BCUT2D eigenvalue weighted by Gasteiger charge is 2.36. The molecule has 0 spiro atoms. The standard InChI is InChI=1S/C14H25N3O3/c1-14(2,3)11(12(18)19)16-13(20)15-9-6-7-17(8-9)10-4-5-10/h9-11H,4-8H2,1-3H3,(H,18,19)(H2,15,16,20). The highest BCUT2D eigenvalue weighted by atomic mass is 16.4. The third-order valence-electron chi connectivity index (χ3n) is 4.01. The Morgan fingerprint density at radius 3 is 2.40 bits per heavy atom. The molecule has 6 heteroatoms. The summed E-state index contributed by atoms with van der Waals surface area (Å²) >= 11 is 0. The maximum Gasteiger partial charge on any atom is 0.326 e.